The molecule has 1 heterocycles. The molecule has 0 fully saturated rings. The summed E-state index contributed by atoms with van der Waals surface area (Å²) in [7, 11) is 0. The molecule has 1 aromatic heterocycles. The van der Waals surface area contributed by atoms with E-state index in [-0.39, 0.29) is 0 Å². The Bertz CT molecular complexity index is 482. The first-order valence-corrected chi connectivity index (χ1v) is 5.95. The smallest absolute Gasteiger partial charge is 0.107 e. The molecule has 0 bridgehead atoms. The summed E-state index contributed by atoms with van der Waals surface area (Å²) in [6, 6.07) is 5.50. The van der Waals surface area contributed by atoms with Crippen LogP contribution in [0.3, 0.4) is 0 Å². The molecule has 78 valence electrons. The molecule has 0 radical (unpaired) electrons. The molecule has 0 aliphatic heterocycles. The van der Waals surface area contributed by atoms with Crippen molar-refractivity contribution >= 4 is 34.5 Å². The van der Waals surface area contributed by atoms with E-state index in [1.165, 1.54) is 11.3 Å². The molecule has 0 saturated heterocycles. The van der Waals surface area contributed by atoms with Gasteiger partial charge in [-0.3, -0.25) is 0 Å². The molecule has 0 atom stereocenters. The molecule has 0 aliphatic rings. The molecule has 0 aliphatic carbocycles. The average Bonchev–Trinajstić information content (AvgIpc) is 2.70. The predicted molar refractivity (Wildman–Crippen MR) is 65.5 cm³/mol. The van der Waals surface area contributed by atoms with Gasteiger partial charge in [-0.1, -0.05) is 35.3 Å². The third-order valence-corrected chi connectivity index (χ3v) is 3.64. The molecule has 2 N–H and O–H groups in total. The van der Waals surface area contributed by atoms with Gasteiger partial charge in [0.2, 0.25) is 0 Å². The number of halogens is 2. The predicted octanol–water partition coefficient (Wildman–Crippen LogP) is 3.58. The summed E-state index contributed by atoms with van der Waals surface area (Å²) in [6.45, 7) is 0.447. The zero-order chi connectivity index (χ0) is 10.8. The summed E-state index contributed by atoms with van der Waals surface area (Å²) in [4.78, 5) is 4.35. The molecule has 2 nitrogen and oxygen atoms in total. The highest BCUT2D eigenvalue weighted by Crippen LogP contribution is 2.33. The molecule has 2 aromatic rings. The van der Waals surface area contributed by atoms with E-state index in [0.29, 0.717) is 16.6 Å². The zero-order valence-corrected chi connectivity index (χ0v) is 10.0. The SMILES string of the molecule is NCc1nc(-c2cccc(Cl)c2Cl)cs1. The summed E-state index contributed by atoms with van der Waals surface area (Å²) in [5.74, 6) is 0. The normalized spacial score (nSPS) is 10.6. The van der Waals surface area contributed by atoms with Crippen LogP contribution in [0.2, 0.25) is 10.0 Å². The lowest BCUT2D eigenvalue weighted by Crippen LogP contribution is -1.94. The number of aromatic nitrogens is 1. The topological polar surface area (TPSA) is 38.9 Å². The molecule has 1 aromatic carbocycles. The fourth-order valence-corrected chi connectivity index (χ4v) is 2.30. The maximum absolute atomic E-state index is 6.08. The number of thiazole rings is 1. The first kappa shape index (κ1) is 10.9. The van der Waals surface area contributed by atoms with E-state index >= 15 is 0 Å². The van der Waals surface area contributed by atoms with Crippen LogP contribution in [0, 0.1) is 0 Å². The molecule has 2 rings (SSSR count). The highest BCUT2D eigenvalue weighted by atomic mass is 35.5. The quantitative estimate of drug-likeness (QED) is 0.895. The Morgan fingerprint density at radius 3 is 2.80 bits per heavy atom. The summed E-state index contributed by atoms with van der Waals surface area (Å²) >= 11 is 13.5. The first-order valence-electron chi connectivity index (χ1n) is 4.31. The van der Waals surface area contributed by atoms with Crippen molar-refractivity contribution in [1.82, 2.24) is 4.98 Å². The Balaban J connectivity index is 2.49. The van der Waals surface area contributed by atoms with Crippen molar-refractivity contribution in [2.75, 3.05) is 0 Å². The van der Waals surface area contributed by atoms with E-state index in [2.05, 4.69) is 4.98 Å². The Morgan fingerprint density at radius 1 is 1.33 bits per heavy atom. The minimum Gasteiger partial charge on any atom is -0.325 e. The van der Waals surface area contributed by atoms with Gasteiger partial charge in [0.15, 0.2) is 0 Å². The summed E-state index contributed by atoms with van der Waals surface area (Å²) in [5.41, 5.74) is 7.17. The number of benzene rings is 1. The van der Waals surface area contributed by atoms with E-state index in [9.17, 15) is 0 Å². The Hall–Kier alpha value is -0.610. The third-order valence-electron chi connectivity index (χ3n) is 1.95. The monoisotopic (exact) mass is 258 g/mol. The molecule has 0 spiro atoms. The second-order valence-corrected chi connectivity index (χ2v) is 4.66. The van der Waals surface area contributed by atoms with Crippen LogP contribution in [0.5, 0.6) is 0 Å². The number of hydrogen-bond donors (Lipinski definition) is 1. The molecular weight excluding hydrogens is 251 g/mol. The van der Waals surface area contributed by atoms with Crippen molar-refractivity contribution in [1.29, 1.82) is 0 Å². The van der Waals surface area contributed by atoms with Gasteiger partial charge in [-0.2, -0.15) is 0 Å². The van der Waals surface area contributed by atoms with Gasteiger partial charge in [-0.05, 0) is 6.07 Å². The Labute approximate surface area is 102 Å². The largest absolute Gasteiger partial charge is 0.325 e. The van der Waals surface area contributed by atoms with Crippen molar-refractivity contribution in [2.24, 2.45) is 5.73 Å². The maximum Gasteiger partial charge on any atom is 0.107 e. The van der Waals surface area contributed by atoms with Crippen LogP contribution in [0.1, 0.15) is 5.01 Å². The van der Waals surface area contributed by atoms with E-state index < -0.39 is 0 Å². The van der Waals surface area contributed by atoms with Gasteiger partial charge in [-0.25, -0.2) is 4.98 Å². The summed E-state index contributed by atoms with van der Waals surface area (Å²) < 4.78 is 0. The van der Waals surface area contributed by atoms with E-state index in [4.69, 9.17) is 28.9 Å². The van der Waals surface area contributed by atoms with Gasteiger partial charge in [0.1, 0.15) is 5.01 Å². The van der Waals surface area contributed by atoms with Crippen LogP contribution in [-0.2, 0) is 6.54 Å². The summed E-state index contributed by atoms with van der Waals surface area (Å²) in [6.07, 6.45) is 0. The molecule has 5 heteroatoms. The standard InChI is InChI=1S/C10H8Cl2N2S/c11-7-3-1-2-6(10(7)12)8-5-15-9(4-13)14-8/h1-3,5H,4,13H2. The average molecular weight is 259 g/mol. The van der Waals surface area contributed by atoms with Crippen LogP contribution in [0.4, 0.5) is 0 Å². The Morgan fingerprint density at radius 2 is 2.13 bits per heavy atom. The van der Waals surface area contributed by atoms with Crippen LogP contribution < -0.4 is 5.73 Å². The fraction of sp³-hybridized carbons (Fsp3) is 0.100. The first-order chi connectivity index (χ1) is 7.22. The minimum atomic E-state index is 0.447. The van der Waals surface area contributed by atoms with Gasteiger partial charge in [0.05, 0.1) is 15.7 Å². The van der Waals surface area contributed by atoms with Crippen molar-refractivity contribution in [2.45, 2.75) is 6.54 Å². The number of hydrogen-bond acceptors (Lipinski definition) is 3. The molecular formula is C10H8Cl2N2S. The van der Waals surface area contributed by atoms with E-state index in [1.807, 2.05) is 17.5 Å². The molecule has 0 amide bonds. The van der Waals surface area contributed by atoms with Gasteiger partial charge in [0, 0.05) is 17.5 Å². The highest BCUT2D eigenvalue weighted by molar-refractivity contribution is 7.09. The van der Waals surface area contributed by atoms with Gasteiger partial charge < -0.3 is 5.73 Å². The molecule has 0 saturated carbocycles. The van der Waals surface area contributed by atoms with Crippen LogP contribution >= 0.6 is 34.5 Å². The van der Waals surface area contributed by atoms with E-state index in [1.54, 1.807) is 6.07 Å². The summed E-state index contributed by atoms with van der Waals surface area (Å²) in [5, 5.41) is 3.89. The minimum absolute atomic E-state index is 0.447. The number of nitrogens with two attached hydrogens (primary N) is 1. The lowest BCUT2D eigenvalue weighted by molar-refractivity contribution is 1.04. The van der Waals surface area contributed by atoms with Crippen molar-refractivity contribution < 1.29 is 0 Å². The Kier molecular flexibility index (Phi) is 3.26. The fourth-order valence-electron chi connectivity index (χ4n) is 1.23. The van der Waals surface area contributed by atoms with Crippen LogP contribution in [0.25, 0.3) is 11.3 Å². The van der Waals surface area contributed by atoms with Crippen molar-refractivity contribution in [3.8, 4) is 11.3 Å². The van der Waals surface area contributed by atoms with Crippen LogP contribution in [-0.4, -0.2) is 4.98 Å². The van der Waals surface area contributed by atoms with Crippen LogP contribution in [0.15, 0.2) is 23.6 Å². The lowest BCUT2D eigenvalue weighted by atomic mass is 10.2. The molecule has 0 unspecified atom stereocenters. The van der Waals surface area contributed by atoms with Gasteiger partial charge in [0.25, 0.3) is 0 Å². The lowest BCUT2D eigenvalue weighted by Gasteiger charge is -2.01. The zero-order valence-electron chi connectivity index (χ0n) is 7.71. The molecule has 15 heavy (non-hydrogen) atoms. The third kappa shape index (κ3) is 2.16. The van der Waals surface area contributed by atoms with E-state index in [0.717, 1.165) is 16.3 Å². The second kappa shape index (κ2) is 4.49. The number of rotatable bonds is 2. The highest BCUT2D eigenvalue weighted by Gasteiger charge is 2.09. The van der Waals surface area contributed by atoms with Gasteiger partial charge >= 0.3 is 0 Å². The maximum atomic E-state index is 6.08. The number of nitrogens with zero attached hydrogens (tertiary/aromatic N) is 1. The second-order valence-electron chi connectivity index (χ2n) is 2.93. The van der Waals surface area contributed by atoms with Crippen molar-refractivity contribution in [3.63, 3.8) is 0 Å². The van der Waals surface area contributed by atoms with Crippen molar-refractivity contribution in [3.05, 3.63) is 38.6 Å². The van der Waals surface area contributed by atoms with Gasteiger partial charge in [-0.15, -0.1) is 11.3 Å².